The van der Waals surface area contributed by atoms with Gasteiger partial charge in [-0.25, -0.2) is 0 Å². The van der Waals surface area contributed by atoms with Crippen molar-refractivity contribution in [3.63, 3.8) is 0 Å². The molecule has 1 fully saturated rings. The highest BCUT2D eigenvalue weighted by atomic mass is 16.5. The number of fused-ring (bicyclic) bond motifs is 1. The van der Waals surface area contributed by atoms with Gasteiger partial charge in [0, 0.05) is 37.1 Å². The lowest BCUT2D eigenvalue weighted by Gasteiger charge is -2.27. The number of morpholine rings is 1. The van der Waals surface area contributed by atoms with Gasteiger partial charge in [-0.15, -0.1) is 0 Å². The number of rotatable bonds is 5. The molecule has 0 spiro atoms. The minimum Gasteiger partial charge on any atom is -0.450 e. The highest BCUT2D eigenvalue weighted by Crippen LogP contribution is 2.30. The van der Waals surface area contributed by atoms with Gasteiger partial charge in [0.1, 0.15) is 5.58 Å². The molecule has 1 N–H and O–H groups in total. The number of ether oxygens (including phenoxy) is 1. The van der Waals surface area contributed by atoms with Crippen LogP contribution in [0.3, 0.4) is 0 Å². The predicted octanol–water partition coefficient (Wildman–Crippen LogP) is 4.12. The molecule has 0 unspecified atom stereocenters. The number of nitrogens with one attached hydrogen (secondary N) is 1. The minimum atomic E-state index is -0.168. The largest absolute Gasteiger partial charge is 0.450 e. The van der Waals surface area contributed by atoms with Gasteiger partial charge in [0.05, 0.1) is 13.2 Å². The Hall–Kier alpha value is -2.63. The number of amides is 1. The second-order valence-electron chi connectivity index (χ2n) is 7.80. The maximum atomic E-state index is 12.9. The third-order valence-corrected chi connectivity index (χ3v) is 5.74. The lowest BCUT2D eigenvalue weighted by atomic mass is 10.0. The van der Waals surface area contributed by atoms with E-state index in [1.54, 1.807) is 0 Å². The second kappa shape index (κ2) is 8.39. The van der Waals surface area contributed by atoms with Gasteiger partial charge in [0.25, 0.3) is 5.91 Å². The van der Waals surface area contributed by atoms with Crippen LogP contribution in [0.4, 0.5) is 0 Å². The molecule has 1 aliphatic heterocycles. The SMILES string of the molecule is Cc1ccc(C)c2c(C)c(C(=O)NCc3ccccc3CN3CCOCC3)oc12. The first-order valence-corrected chi connectivity index (χ1v) is 10.2. The molecule has 1 aliphatic rings. The molecule has 1 aromatic heterocycles. The summed E-state index contributed by atoms with van der Waals surface area (Å²) in [5, 5.41) is 4.10. The van der Waals surface area contributed by atoms with E-state index in [0.29, 0.717) is 12.3 Å². The number of carbonyl (C=O) groups excluding carboxylic acids is 1. The smallest absolute Gasteiger partial charge is 0.287 e. The van der Waals surface area contributed by atoms with Crippen LogP contribution < -0.4 is 5.32 Å². The summed E-state index contributed by atoms with van der Waals surface area (Å²) in [5.41, 5.74) is 6.25. The summed E-state index contributed by atoms with van der Waals surface area (Å²) < 4.78 is 11.4. The third-order valence-electron chi connectivity index (χ3n) is 5.74. The van der Waals surface area contributed by atoms with Crippen molar-refractivity contribution in [1.29, 1.82) is 0 Å². The Morgan fingerprint density at radius 1 is 1.00 bits per heavy atom. The molecule has 0 radical (unpaired) electrons. The standard InChI is InChI=1S/C24H28N2O3/c1-16-8-9-17(2)22-21(16)18(3)23(29-22)24(27)25-14-19-6-4-5-7-20(19)15-26-10-12-28-13-11-26/h4-9H,10-15H2,1-3H3,(H,25,27). The topological polar surface area (TPSA) is 54.7 Å². The average molecular weight is 392 g/mol. The van der Waals surface area contributed by atoms with Gasteiger partial charge in [-0.1, -0.05) is 36.4 Å². The molecule has 0 aliphatic carbocycles. The van der Waals surface area contributed by atoms with Crippen LogP contribution in [0.1, 0.15) is 38.4 Å². The summed E-state index contributed by atoms with van der Waals surface area (Å²) in [6.45, 7) is 10.8. The number of hydrogen-bond acceptors (Lipinski definition) is 4. The lowest BCUT2D eigenvalue weighted by Crippen LogP contribution is -2.36. The first-order chi connectivity index (χ1) is 14.0. The van der Waals surface area contributed by atoms with Crippen LogP contribution in [0.25, 0.3) is 11.0 Å². The van der Waals surface area contributed by atoms with Gasteiger partial charge in [0.2, 0.25) is 0 Å². The van der Waals surface area contributed by atoms with Crippen LogP contribution in [0.15, 0.2) is 40.8 Å². The molecule has 5 nitrogen and oxygen atoms in total. The fourth-order valence-corrected chi connectivity index (χ4v) is 4.03. The summed E-state index contributed by atoms with van der Waals surface area (Å²) >= 11 is 0. The van der Waals surface area contributed by atoms with E-state index in [-0.39, 0.29) is 5.91 Å². The Bertz CT molecular complexity index is 1030. The second-order valence-corrected chi connectivity index (χ2v) is 7.80. The number of aryl methyl sites for hydroxylation is 3. The Labute approximate surface area is 171 Å². The molecule has 1 saturated heterocycles. The number of benzene rings is 2. The van der Waals surface area contributed by atoms with Gasteiger partial charge in [-0.2, -0.15) is 0 Å². The molecule has 0 saturated carbocycles. The lowest BCUT2D eigenvalue weighted by molar-refractivity contribution is 0.0340. The maximum absolute atomic E-state index is 12.9. The summed E-state index contributed by atoms with van der Waals surface area (Å²) in [6.07, 6.45) is 0. The third kappa shape index (κ3) is 4.07. The van der Waals surface area contributed by atoms with Crippen LogP contribution in [-0.2, 0) is 17.8 Å². The number of carbonyl (C=O) groups is 1. The highest BCUT2D eigenvalue weighted by Gasteiger charge is 2.20. The van der Waals surface area contributed by atoms with Crippen molar-refractivity contribution in [1.82, 2.24) is 10.2 Å². The first kappa shape index (κ1) is 19.7. The Morgan fingerprint density at radius 2 is 1.69 bits per heavy atom. The van der Waals surface area contributed by atoms with Gasteiger partial charge in [-0.3, -0.25) is 9.69 Å². The molecular formula is C24H28N2O3. The maximum Gasteiger partial charge on any atom is 0.287 e. The van der Waals surface area contributed by atoms with Gasteiger partial charge >= 0.3 is 0 Å². The average Bonchev–Trinajstić information content (AvgIpc) is 3.09. The van der Waals surface area contributed by atoms with Gasteiger partial charge in [-0.05, 0) is 43.0 Å². The van der Waals surface area contributed by atoms with Gasteiger partial charge in [0.15, 0.2) is 5.76 Å². The number of furan rings is 1. The molecule has 0 atom stereocenters. The first-order valence-electron chi connectivity index (χ1n) is 10.2. The van der Waals surface area contributed by atoms with E-state index < -0.39 is 0 Å². The van der Waals surface area contributed by atoms with E-state index in [0.717, 1.165) is 66.1 Å². The van der Waals surface area contributed by atoms with E-state index in [2.05, 4.69) is 34.5 Å². The van der Waals surface area contributed by atoms with Crippen molar-refractivity contribution in [2.45, 2.75) is 33.9 Å². The molecule has 5 heteroatoms. The minimum absolute atomic E-state index is 0.168. The summed E-state index contributed by atoms with van der Waals surface area (Å²) in [4.78, 5) is 15.3. The molecular weight excluding hydrogens is 364 g/mol. The highest BCUT2D eigenvalue weighted by molar-refractivity contribution is 6.00. The van der Waals surface area contributed by atoms with Crippen LogP contribution in [-0.4, -0.2) is 37.1 Å². The van der Waals surface area contributed by atoms with E-state index in [1.807, 2.05) is 32.9 Å². The zero-order chi connectivity index (χ0) is 20.4. The quantitative estimate of drug-likeness (QED) is 0.710. The summed E-state index contributed by atoms with van der Waals surface area (Å²) in [5.74, 6) is 0.238. The van der Waals surface area contributed by atoms with Crippen molar-refractivity contribution < 1.29 is 13.9 Å². The van der Waals surface area contributed by atoms with Crippen LogP contribution >= 0.6 is 0 Å². The van der Waals surface area contributed by atoms with Crippen molar-refractivity contribution >= 4 is 16.9 Å². The normalized spacial score (nSPS) is 15.0. The van der Waals surface area contributed by atoms with Crippen LogP contribution in [0.5, 0.6) is 0 Å². The monoisotopic (exact) mass is 392 g/mol. The van der Waals surface area contributed by atoms with Crippen LogP contribution in [0.2, 0.25) is 0 Å². The van der Waals surface area contributed by atoms with E-state index in [1.165, 1.54) is 5.56 Å². The van der Waals surface area contributed by atoms with Crippen molar-refractivity contribution in [2.24, 2.45) is 0 Å². The molecule has 3 aromatic rings. The van der Waals surface area contributed by atoms with E-state index in [4.69, 9.17) is 9.15 Å². The van der Waals surface area contributed by atoms with Crippen molar-refractivity contribution in [3.8, 4) is 0 Å². The molecule has 2 heterocycles. The Kier molecular flexibility index (Phi) is 5.69. The molecule has 152 valence electrons. The molecule has 0 bridgehead atoms. The van der Waals surface area contributed by atoms with E-state index >= 15 is 0 Å². The Balaban J connectivity index is 1.51. The van der Waals surface area contributed by atoms with E-state index in [9.17, 15) is 4.79 Å². The Morgan fingerprint density at radius 3 is 2.41 bits per heavy atom. The number of hydrogen-bond donors (Lipinski definition) is 1. The predicted molar refractivity (Wildman–Crippen MR) is 114 cm³/mol. The molecule has 1 amide bonds. The zero-order valence-electron chi connectivity index (χ0n) is 17.4. The summed E-state index contributed by atoms with van der Waals surface area (Å²) in [6, 6.07) is 12.4. The zero-order valence-corrected chi connectivity index (χ0v) is 17.4. The van der Waals surface area contributed by atoms with Crippen molar-refractivity contribution in [3.05, 3.63) is 70.0 Å². The molecule has 29 heavy (non-hydrogen) atoms. The number of nitrogens with zero attached hydrogens (tertiary/aromatic N) is 1. The van der Waals surface area contributed by atoms with Crippen molar-refractivity contribution in [2.75, 3.05) is 26.3 Å². The van der Waals surface area contributed by atoms with Gasteiger partial charge < -0.3 is 14.5 Å². The fraction of sp³-hybridized carbons (Fsp3) is 0.375. The van der Waals surface area contributed by atoms with Crippen LogP contribution in [0, 0.1) is 20.8 Å². The molecule has 2 aromatic carbocycles. The molecule has 4 rings (SSSR count). The fourth-order valence-electron chi connectivity index (χ4n) is 4.03. The summed E-state index contributed by atoms with van der Waals surface area (Å²) in [7, 11) is 0.